The molecule has 3 aromatic rings. The second-order valence-corrected chi connectivity index (χ2v) is 8.55. The van der Waals surface area contributed by atoms with Crippen LogP contribution in [0, 0.1) is 13.8 Å². The van der Waals surface area contributed by atoms with E-state index in [0.29, 0.717) is 17.3 Å². The zero-order valence-electron chi connectivity index (χ0n) is 15.5. The van der Waals surface area contributed by atoms with Gasteiger partial charge < -0.3 is 10.6 Å². The Hall–Kier alpha value is -2.93. The first-order valence-electron chi connectivity index (χ1n) is 8.63. The van der Waals surface area contributed by atoms with Crippen molar-refractivity contribution in [2.24, 2.45) is 0 Å². The second kappa shape index (κ2) is 7.75. The van der Waals surface area contributed by atoms with E-state index in [2.05, 4.69) is 46.6 Å². The molecule has 0 atom stereocenters. The number of anilines is 4. The van der Waals surface area contributed by atoms with Crippen LogP contribution in [0.15, 0.2) is 59.8 Å². The number of rotatable bonds is 6. The van der Waals surface area contributed by atoms with Crippen LogP contribution >= 0.6 is 0 Å². The van der Waals surface area contributed by atoms with Crippen molar-refractivity contribution in [2.45, 2.75) is 25.7 Å². The highest BCUT2D eigenvalue weighted by atomic mass is 32.2. The maximum atomic E-state index is 12.1. The monoisotopic (exact) mass is 382 g/mol. The minimum Gasteiger partial charge on any atom is -0.340 e. The van der Waals surface area contributed by atoms with Crippen LogP contribution in [0.2, 0.25) is 0 Å². The third-order valence-corrected chi connectivity index (χ3v) is 6.02. The molecule has 0 radical (unpaired) electrons. The Bertz CT molecular complexity index is 1070. The fourth-order valence-corrected chi connectivity index (χ4v) is 3.47. The van der Waals surface area contributed by atoms with Gasteiger partial charge in [0.1, 0.15) is 18.0 Å². The van der Waals surface area contributed by atoms with E-state index in [4.69, 9.17) is 0 Å². The molecule has 0 saturated heterocycles. The van der Waals surface area contributed by atoms with Crippen molar-refractivity contribution in [3.05, 3.63) is 66.0 Å². The average molecular weight is 382 g/mol. The van der Waals surface area contributed by atoms with Crippen molar-refractivity contribution in [3.8, 4) is 0 Å². The molecule has 0 aliphatic rings. The van der Waals surface area contributed by atoms with Crippen LogP contribution in [0.25, 0.3) is 0 Å². The van der Waals surface area contributed by atoms with Gasteiger partial charge >= 0.3 is 0 Å². The van der Waals surface area contributed by atoms with Crippen LogP contribution in [0.3, 0.4) is 0 Å². The lowest BCUT2D eigenvalue weighted by Gasteiger charge is -2.11. The Morgan fingerprint density at radius 3 is 2.15 bits per heavy atom. The van der Waals surface area contributed by atoms with Crippen molar-refractivity contribution in [3.63, 3.8) is 0 Å². The van der Waals surface area contributed by atoms with Gasteiger partial charge in [0.05, 0.1) is 10.6 Å². The van der Waals surface area contributed by atoms with E-state index in [0.717, 1.165) is 5.69 Å². The average Bonchev–Trinajstić information content (AvgIpc) is 2.65. The molecular weight excluding hydrogens is 360 g/mol. The standard InChI is InChI=1S/C20H22N4O2S/c1-4-27(25,26)18-7-5-6-16(11-18)23-19-12-20(22-13-21-19)24-17-9-8-14(2)15(3)10-17/h5-13H,4H2,1-3H3,(H2,21,22,23,24). The molecule has 3 rings (SSSR count). The summed E-state index contributed by atoms with van der Waals surface area (Å²) in [6.07, 6.45) is 1.46. The number of hydrogen-bond donors (Lipinski definition) is 2. The first-order chi connectivity index (χ1) is 12.9. The van der Waals surface area contributed by atoms with Crippen LogP contribution in [0.1, 0.15) is 18.1 Å². The van der Waals surface area contributed by atoms with Gasteiger partial charge in [0.25, 0.3) is 0 Å². The minimum absolute atomic E-state index is 0.0635. The number of nitrogens with zero attached hydrogens (tertiary/aromatic N) is 2. The summed E-state index contributed by atoms with van der Waals surface area (Å²) in [5, 5.41) is 6.39. The SMILES string of the molecule is CCS(=O)(=O)c1cccc(Nc2cc(Nc3ccc(C)c(C)c3)ncn2)c1. The Morgan fingerprint density at radius 1 is 0.852 bits per heavy atom. The van der Waals surface area contributed by atoms with Crippen LogP contribution in [-0.4, -0.2) is 24.1 Å². The van der Waals surface area contributed by atoms with E-state index in [9.17, 15) is 8.42 Å². The first kappa shape index (κ1) is 18.8. The molecule has 140 valence electrons. The Balaban J connectivity index is 1.80. The smallest absolute Gasteiger partial charge is 0.178 e. The fourth-order valence-electron chi connectivity index (χ4n) is 2.54. The minimum atomic E-state index is -3.25. The maximum Gasteiger partial charge on any atom is 0.178 e. The van der Waals surface area contributed by atoms with Gasteiger partial charge in [-0.1, -0.05) is 19.1 Å². The highest BCUT2D eigenvalue weighted by molar-refractivity contribution is 7.91. The Morgan fingerprint density at radius 2 is 1.52 bits per heavy atom. The number of benzene rings is 2. The largest absolute Gasteiger partial charge is 0.340 e. The zero-order valence-corrected chi connectivity index (χ0v) is 16.3. The summed E-state index contributed by atoms with van der Waals surface area (Å²) in [5.74, 6) is 1.28. The molecule has 1 heterocycles. The van der Waals surface area contributed by atoms with Gasteiger partial charge in [-0.2, -0.15) is 0 Å². The molecule has 0 bridgehead atoms. The van der Waals surface area contributed by atoms with Crippen molar-refractivity contribution in [1.29, 1.82) is 0 Å². The predicted molar refractivity (Wildman–Crippen MR) is 109 cm³/mol. The van der Waals surface area contributed by atoms with Gasteiger partial charge in [-0.3, -0.25) is 0 Å². The van der Waals surface area contributed by atoms with Gasteiger partial charge in [-0.05, 0) is 55.3 Å². The number of sulfone groups is 1. The van der Waals surface area contributed by atoms with E-state index >= 15 is 0 Å². The van der Waals surface area contributed by atoms with Gasteiger partial charge in [-0.25, -0.2) is 18.4 Å². The highest BCUT2D eigenvalue weighted by Crippen LogP contribution is 2.23. The predicted octanol–water partition coefficient (Wildman–Crippen LogP) is 4.37. The van der Waals surface area contributed by atoms with E-state index in [1.807, 2.05) is 6.07 Å². The van der Waals surface area contributed by atoms with Crippen molar-refractivity contribution in [2.75, 3.05) is 16.4 Å². The van der Waals surface area contributed by atoms with Crippen LogP contribution in [0.5, 0.6) is 0 Å². The Labute approximate surface area is 159 Å². The zero-order chi connectivity index (χ0) is 19.4. The lowest BCUT2D eigenvalue weighted by atomic mass is 10.1. The van der Waals surface area contributed by atoms with Gasteiger partial charge in [0.15, 0.2) is 9.84 Å². The number of aromatic nitrogens is 2. The maximum absolute atomic E-state index is 12.1. The molecule has 0 saturated carbocycles. The van der Waals surface area contributed by atoms with Crippen molar-refractivity contribution >= 4 is 32.8 Å². The molecule has 0 aliphatic carbocycles. The van der Waals surface area contributed by atoms with Crippen LogP contribution < -0.4 is 10.6 Å². The Kier molecular flexibility index (Phi) is 5.41. The number of nitrogens with one attached hydrogen (secondary N) is 2. The van der Waals surface area contributed by atoms with Crippen LogP contribution in [0.4, 0.5) is 23.0 Å². The summed E-state index contributed by atoms with van der Waals surface area (Å²) in [6, 6.07) is 14.6. The van der Waals surface area contributed by atoms with Gasteiger partial charge in [0.2, 0.25) is 0 Å². The summed E-state index contributed by atoms with van der Waals surface area (Å²) in [7, 11) is -3.25. The van der Waals surface area contributed by atoms with Gasteiger partial charge in [0, 0.05) is 17.4 Å². The lowest BCUT2D eigenvalue weighted by Crippen LogP contribution is -2.04. The molecule has 0 amide bonds. The summed E-state index contributed by atoms with van der Waals surface area (Å²) < 4.78 is 24.1. The molecule has 6 nitrogen and oxygen atoms in total. The van der Waals surface area contributed by atoms with Crippen LogP contribution in [-0.2, 0) is 9.84 Å². The van der Waals surface area contributed by atoms with Crippen molar-refractivity contribution < 1.29 is 8.42 Å². The molecule has 2 N–H and O–H groups in total. The fraction of sp³-hybridized carbons (Fsp3) is 0.200. The van der Waals surface area contributed by atoms with E-state index in [1.165, 1.54) is 17.5 Å². The first-order valence-corrected chi connectivity index (χ1v) is 10.3. The topological polar surface area (TPSA) is 84.0 Å². The molecule has 0 unspecified atom stereocenters. The summed E-state index contributed by atoms with van der Waals surface area (Å²) in [6.45, 7) is 5.76. The molecular formula is C20H22N4O2S. The third-order valence-electron chi connectivity index (χ3n) is 4.29. The molecule has 0 fully saturated rings. The molecule has 0 aliphatic heterocycles. The molecule has 0 spiro atoms. The quantitative estimate of drug-likeness (QED) is 0.658. The van der Waals surface area contributed by atoms with E-state index in [-0.39, 0.29) is 10.6 Å². The second-order valence-electron chi connectivity index (χ2n) is 6.27. The number of aryl methyl sites for hydroxylation is 2. The normalized spacial score (nSPS) is 11.2. The number of hydrogen-bond acceptors (Lipinski definition) is 6. The lowest BCUT2D eigenvalue weighted by molar-refractivity contribution is 0.597. The van der Waals surface area contributed by atoms with Gasteiger partial charge in [-0.15, -0.1) is 0 Å². The summed E-state index contributed by atoms with van der Waals surface area (Å²) >= 11 is 0. The van der Waals surface area contributed by atoms with E-state index < -0.39 is 9.84 Å². The summed E-state index contributed by atoms with van der Waals surface area (Å²) in [4.78, 5) is 8.74. The molecule has 7 heteroatoms. The third kappa shape index (κ3) is 4.62. The molecule has 1 aromatic heterocycles. The van der Waals surface area contributed by atoms with Crippen molar-refractivity contribution in [1.82, 2.24) is 9.97 Å². The molecule has 27 heavy (non-hydrogen) atoms. The highest BCUT2D eigenvalue weighted by Gasteiger charge is 2.12. The summed E-state index contributed by atoms with van der Waals surface area (Å²) in [5.41, 5.74) is 4.02. The molecule has 2 aromatic carbocycles. The van der Waals surface area contributed by atoms with E-state index in [1.54, 1.807) is 37.3 Å².